The SMILES string of the molecule is Cc1cc(C)cc(CN2CCC(c3ccc4c(c3)CN(C3CCC(=O)NC3=O)C4=O)CC2)c1. The molecular formula is C27H31N3O3. The summed E-state index contributed by atoms with van der Waals surface area (Å²) in [6.45, 7) is 7.88. The minimum absolute atomic E-state index is 0.102. The lowest BCUT2D eigenvalue weighted by Crippen LogP contribution is -2.52. The second-order valence-electron chi connectivity index (χ2n) is 9.86. The lowest BCUT2D eigenvalue weighted by molar-refractivity contribution is -0.136. The summed E-state index contributed by atoms with van der Waals surface area (Å²) >= 11 is 0. The van der Waals surface area contributed by atoms with E-state index < -0.39 is 6.04 Å². The van der Waals surface area contributed by atoms with E-state index in [9.17, 15) is 14.4 Å². The van der Waals surface area contributed by atoms with Crippen LogP contribution < -0.4 is 5.32 Å². The van der Waals surface area contributed by atoms with E-state index in [1.807, 2.05) is 6.07 Å². The Morgan fingerprint density at radius 3 is 2.36 bits per heavy atom. The Bertz CT molecular complexity index is 1100. The lowest BCUT2D eigenvalue weighted by Gasteiger charge is -2.32. The molecule has 0 bridgehead atoms. The minimum atomic E-state index is -0.556. The van der Waals surface area contributed by atoms with Gasteiger partial charge >= 0.3 is 0 Å². The fourth-order valence-corrected chi connectivity index (χ4v) is 5.69. The number of hydrogen-bond donors (Lipinski definition) is 1. The van der Waals surface area contributed by atoms with Crippen LogP contribution in [0.3, 0.4) is 0 Å². The molecule has 0 spiro atoms. The number of hydrogen-bond acceptors (Lipinski definition) is 4. The molecule has 3 heterocycles. The molecule has 2 fully saturated rings. The number of fused-ring (bicyclic) bond motifs is 1. The fraction of sp³-hybridized carbons (Fsp3) is 0.444. The maximum Gasteiger partial charge on any atom is 0.255 e. The third-order valence-electron chi connectivity index (χ3n) is 7.29. The van der Waals surface area contributed by atoms with Crippen molar-refractivity contribution in [2.24, 2.45) is 0 Å². The molecule has 1 atom stereocenters. The minimum Gasteiger partial charge on any atom is -0.322 e. The maximum absolute atomic E-state index is 12.9. The van der Waals surface area contributed by atoms with Crippen LogP contribution in [-0.4, -0.2) is 46.7 Å². The van der Waals surface area contributed by atoms with Crippen LogP contribution >= 0.6 is 0 Å². The molecule has 172 valence electrons. The molecule has 3 amide bonds. The van der Waals surface area contributed by atoms with Gasteiger partial charge in [0.15, 0.2) is 0 Å². The molecule has 1 unspecified atom stereocenters. The van der Waals surface area contributed by atoms with Crippen LogP contribution in [0.5, 0.6) is 0 Å². The van der Waals surface area contributed by atoms with E-state index in [2.05, 4.69) is 54.4 Å². The summed E-state index contributed by atoms with van der Waals surface area (Å²) in [6, 6.07) is 12.4. The van der Waals surface area contributed by atoms with Crippen LogP contribution in [0.4, 0.5) is 0 Å². The van der Waals surface area contributed by atoms with E-state index >= 15 is 0 Å². The molecule has 3 aliphatic rings. The van der Waals surface area contributed by atoms with Gasteiger partial charge in [-0.1, -0.05) is 41.5 Å². The summed E-state index contributed by atoms with van der Waals surface area (Å²) in [4.78, 5) is 40.8. The number of nitrogens with one attached hydrogen (secondary N) is 1. The second-order valence-corrected chi connectivity index (χ2v) is 9.86. The van der Waals surface area contributed by atoms with Crippen molar-refractivity contribution >= 4 is 17.7 Å². The molecule has 5 rings (SSSR count). The summed E-state index contributed by atoms with van der Waals surface area (Å²) in [7, 11) is 0. The number of imide groups is 1. The Morgan fingerprint density at radius 2 is 1.67 bits per heavy atom. The van der Waals surface area contributed by atoms with Crippen LogP contribution in [0.25, 0.3) is 0 Å². The van der Waals surface area contributed by atoms with Gasteiger partial charge in [-0.25, -0.2) is 0 Å². The number of amides is 3. The average molecular weight is 446 g/mol. The Morgan fingerprint density at radius 1 is 0.939 bits per heavy atom. The summed E-state index contributed by atoms with van der Waals surface area (Å²) in [5.74, 6) is -0.227. The van der Waals surface area contributed by atoms with Gasteiger partial charge in [0, 0.05) is 25.1 Å². The third kappa shape index (κ3) is 4.44. The van der Waals surface area contributed by atoms with Crippen LogP contribution in [0.2, 0.25) is 0 Å². The highest BCUT2D eigenvalue weighted by Crippen LogP contribution is 2.34. The molecule has 0 aromatic heterocycles. The molecule has 0 aliphatic carbocycles. The standard InChI is InChI=1S/C27H31N3O3/c1-17-11-18(2)13-19(12-17)15-29-9-7-20(8-10-29)21-3-4-23-22(14-21)16-30(27(23)33)24-5-6-25(31)28-26(24)32/h3-4,11-14,20,24H,5-10,15-16H2,1-2H3,(H,28,31,32). The number of nitrogens with zero attached hydrogens (tertiary/aromatic N) is 2. The van der Waals surface area contributed by atoms with E-state index in [4.69, 9.17) is 0 Å². The molecule has 6 heteroatoms. The van der Waals surface area contributed by atoms with Gasteiger partial charge in [0.2, 0.25) is 11.8 Å². The van der Waals surface area contributed by atoms with Gasteiger partial charge < -0.3 is 4.90 Å². The van der Waals surface area contributed by atoms with E-state index in [1.165, 1.54) is 22.3 Å². The van der Waals surface area contributed by atoms with Gasteiger partial charge in [-0.05, 0) is 74.9 Å². The van der Waals surface area contributed by atoms with Gasteiger partial charge in [0.1, 0.15) is 6.04 Å². The molecule has 3 aliphatic heterocycles. The summed E-state index contributed by atoms with van der Waals surface area (Å²) < 4.78 is 0. The van der Waals surface area contributed by atoms with E-state index in [0.717, 1.165) is 38.0 Å². The Hall–Kier alpha value is -2.99. The zero-order chi connectivity index (χ0) is 23.1. The highest BCUT2D eigenvalue weighted by atomic mass is 16.2. The summed E-state index contributed by atoms with van der Waals surface area (Å²) in [5.41, 5.74) is 7.00. The lowest BCUT2D eigenvalue weighted by atomic mass is 9.87. The average Bonchev–Trinajstić information content (AvgIpc) is 3.09. The summed E-state index contributed by atoms with van der Waals surface area (Å²) in [6.07, 6.45) is 2.89. The molecule has 6 nitrogen and oxygen atoms in total. The number of aryl methyl sites for hydroxylation is 2. The molecular weight excluding hydrogens is 414 g/mol. The molecule has 0 saturated carbocycles. The zero-order valence-corrected chi connectivity index (χ0v) is 19.4. The zero-order valence-electron chi connectivity index (χ0n) is 19.4. The van der Waals surface area contributed by atoms with Gasteiger partial charge in [-0.15, -0.1) is 0 Å². The van der Waals surface area contributed by atoms with Crippen molar-refractivity contribution in [3.63, 3.8) is 0 Å². The van der Waals surface area contributed by atoms with Crippen LogP contribution in [0, 0.1) is 13.8 Å². The first-order chi connectivity index (χ1) is 15.9. The Balaban J connectivity index is 1.23. The number of carbonyl (C=O) groups is 3. The molecule has 2 saturated heterocycles. The van der Waals surface area contributed by atoms with Crippen molar-refractivity contribution in [2.45, 2.75) is 64.6 Å². The predicted octanol–water partition coefficient (Wildman–Crippen LogP) is 3.44. The van der Waals surface area contributed by atoms with Crippen LogP contribution in [0.15, 0.2) is 36.4 Å². The monoisotopic (exact) mass is 445 g/mol. The first-order valence-corrected chi connectivity index (χ1v) is 11.9. The normalized spacial score (nSPS) is 21.9. The quantitative estimate of drug-likeness (QED) is 0.732. The number of piperidine rings is 2. The van der Waals surface area contributed by atoms with Crippen molar-refractivity contribution in [1.29, 1.82) is 0 Å². The number of likely N-dealkylation sites (tertiary alicyclic amines) is 1. The fourth-order valence-electron chi connectivity index (χ4n) is 5.69. The smallest absolute Gasteiger partial charge is 0.255 e. The first kappa shape index (κ1) is 21.8. The van der Waals surface area contributed by atoms with E-state index in [1.54, 1.807) is 4.90 Å². The topological polar surface area (TPSA) is 69.7 Å². The molecule has 0 radical (unpaired) electrons. The largest absolute Gasteiger partial charge is 0.322 e. The Kier molecular flexibility index (Phi) is 5.79. The van der Waals surface area contributed by atoms with Crippen molar-refractivity contribution < 1.29 is 14.4 Å². The number of carbonyl (C=O) groups excluding carboxylic acids is 3. The van der Waals surface area contributed by atoms with Crippen molar-refractivity contribution in [2.75, 3.05) is 13.1 Å². The maximum atomic E-state index is 12.9. The van der Waals surface area contributed by atoms with Gasteiger partial charge in [-0.3, -0.25) is 24.6 Å². The molecule has 2 aromatic carbocycles. The number of benzene rings is 2. The number of rotatable bonds is 4. The second kappa shape index (κ2) is 8.75. The van der Waals surface area contributed by atoms with E-state index in [0.29, 0.717) is 24.4 Å². The highest BCUT2D eigenvalue weighted by molar-refractivity contribution is 6.05. The van der Waals surface area contributed by atoms with Crippen molar-refractivity contribution in [1.82, 2.24) is 15.1 Å². The van der Waals surface area contributed by atoms with Crippen LogP contribution in [-0.2, 0) is 22.7 Å². The first-order valence-electron chi connectivity index (χ1n) is 11.9. The van der Waals surface area contributed by atoms with Crippen LogP contribution in [0.1, 0.15) is 69.8 Å². The van der Waals surface area contributed by atoms with Crippen molar-refractivity contribution in [3.05, 3.63) is 69.8 Å². The highest BCUT2D eigenvalue weighted by Gasteiger charge is 2.39. The van der Waals surface area contributed by atoms with Gasteiger partial charge in [-0.2, -0.15) is 0 Å². The van der Waals surface area contributed by atoms with Gasteiger partial charge in [0.25, 0.3) is 5.91 Å². The molecule has 33 heavy (non-hydrogen) atoms. The van der Waals surface area contributed by atoms with Crippen molar-refractivity contribution in [3.8, 4) is 0 Å². The van der Waals surface area contributed by atoms with Gasteiger partial charge in [0.05, 0.1) is 0 Å². The predicted molar refractivity (Wildman–Crippen MR) is 126 cm³/mol. The van der Waals surface area contributed by atoms with E-state index in [-0.39, 0.29) is 24.1 Å². The Labute approximate surface area is 194 Å². The third-order valence-corrected chi connectivity index (χ3v) is 7.29. The molecule has 1 N–H and O–H groups in total. The summed E-state index contributed by atoms with van der Waals surface area (Å²) in [5, 5.41) is 2.37. The molecule has 2 aromatic rings.